The molecule has 1 aromatic rings. The van der Waals surface area contributed by atoms with Crippen LogP contribution in [0.15, 0.2) is 18.2 Å². The highest BCUT2D eigenvalue weighted by Gasteiger charge is 2.21. The van der Waals surface area contributed by atoms with Crippen LogP contribution in [0, 0.1) is 12.8 Å². The first-order valence-corrected chi connectivity index (χ1v) is 7.76. The molecule has 1 aliphatic rings. The normalized spacial score (nSPS) is 18.0. The lowest BCUT2D eigenvalue weighted by Crippen LogP contribution is -2.41. The third kappa shape index (κ3) is 3.78. The average Bonchev–Trinajstić information content (AvgIpc) is 2.48. The van der Waals surface area contributed by atoms with Crippen LogP contribution in [0.25, 0.3) is 0 Å². The SMILES string of the molecule is Cc1ccc(C(=O)N(C)C)cc1NC(=O)N1CCC[C@@H](C)C1. The van der Waals surface area contributed by atoms with Crippen LogP contribution in [-0.2, 0) is 0 Å². The van der Waals surface area contributed by atoms with E-state index in [4.69, 9.17) is 0 Å². The number of hydrogen-bond acceptors (Lipinski definition) is 2. The highest BCUT2D eigenvalue weighted by molar-refractivity contribution is 5.97. The fourth-order valence-electron chi connectivity index (χ4n) is 2.72. The number of aryl methyl sites for hydroxylation is 1. The van der Waals surface area contributed by atoms with Crippen molar-refractivity contribution in [2.24, 2.45) is 5.92 Å². The number of amides is 3. The molecule has 22 heavy (non-hydrogen) atoms. The Hall–Kier alpha value is -2.04. The minimum atomic E-state index is -0.0795. The number of anilines is 1. The molecule has 5 nitrogen and oxygen atoms in total. The summed E-state index contributed by atoms with van der Waals surface area (Å²) in [6.07, 6.45) is 2.22. The Morgan fingerprint density at radius 2 is 2.05 bits per heavy atom. The van der Waals surface area contributed by atoms with Crippen molar-refractivity contribution in [1.82, 2.24) is 9.80 Å². The third-order valence-electron chi connectivity index (χ3n) is 4.08. The number of piperidine rings is 1. The maximum atomic E-state index is 12.4. The molecule has 1 heterocycles. The summed E-state index contributed by atoms with van der Waals surface area (Å²) in [4.78, 5) is 27.8. The van der Waals surface area contributed by atoms with Gasteiger partial charge in [-0.1, -0.05) is 13.0 Å². The zero-order valence-corrected chi connectivity index (χ0v) is 13.8. The minimum absolute atomic E-state index is 0.0675. The van der Waals surface area contributed by atoms with E-state index in [0.717, 1.165) is 25.1 Å². The smallest absolute Gasteiger partial charge is 0.321 e. The largest absolute Gasteiger partial charge is 0.345 e. The summed E-state index contributed by atoms with van der Waals surface area (Å²) in [6, 6.07) is 5.33. The third-order valence-corrected chi connectivity index (χ3v) is 4.08. The zero-order valence-electron chi connectivity index (χ0n) is 13.8. The molecule has 5 heteroatoms. The molecule has 0 aliphatic carbocycles. The molecule has 0 spiro atoms. The summed E-state index contributed by atoms with van der Waals surface area (Å²) >= 11 is 0. The molecule has 0 unspecified atom stereocenters. The molecule has 1 aromatic carbocycles. The number of nitrogens with one attached hydrogen (secondary N) is 1. The summed E-state index contributed by atoms with van der Waals surface area (Å²) < 4.78 is 0. The van der Waals surface area contributed by atoms with Crippen molar-refractivity contribution in [3.05, 3.63) is 29.3 Å². The number of benzene rings is 1. The van der Waals surface area contributed by atoms with Crippen molar-refractivity contribution in [3.63, 3.8) is 0 Å². The van der Waals surface area contributed by atoms with E-state index < -0.39 is 0 Å². The Balaban J connectivity index is 2.13. The lowest BCUT2D eigenvalue weighted by Gasteiger charge is -2.31. The van der Waals surface area contributed by atoms with Gasteiger partial charge in [0, 0.05) is 38.4 Å². The highest BCUT2D eigenvalue weighted by atomic mass is 16.2. The van der Waals surface area contributed by atoms with E-state index in [-0.39, 0.29) is 11.9 Å². The lowest BCUT2D eigenvalue weighted by atomic mass is 10.0. The van der Waals surface area contributed by atoms with Crippen LogP contribution < -0.4 is 5.32 Å². The summed E-state index contributed by atoms with van der Waals surface area (Å²) in [5, 5.41) is 2.95. The van der Waals surface area contributed by atoms with Crippen LogP contribution in [0.1, 0.15) is 35.7 Å². The molecule has 1 fully saturated rings. The maximum Gasteiger partial charge on any atom is 0.321 e. The van der Waals surface area contributed by atoms with Crippen LogP contribution in [0.2, 0.25) is 0 Å². The van der Waals surface area contributed by atoms with Gasteiger partial charge in [-0.25, -0.2) is 4.79 Å². The fraction of sp³-hybridized carbons (Fsp3) is 0.529. The van der Waals surface area contributed by atoms with Gasteiger partial charge in [-0.3, -0.25) is 4.79 Å². The minimum Gasteiger partial charge on any atom is -0.345 e. The maximum absolute atomic E-state index is 12.4. The lowest BCUT2D eigenvalue weighted by molar-refractivity contribution is 0.0827. The Morgan fingerprint density at radius 3 is 2.68 bits per heavy atom. The van der Waals surface area contributed by atoms with Crippen LogP contribution in [0.3, 0.4) is 0 Å². The van der Waals surface area contributed by atoms with E-state index >= 15 is 0 Å². The molecule has 1 saturated heterocycles. The number of carbonyl (C=O) groups is 2. The molecule has 2 rings (SSSR count). The van der Waals surface area contributed by atoms with E-state index in [1.54, 1.807) is 26.2 Å². The number of carbonyl (C=O) groups excluding carboxylic acids is 2. The van der Waals surface area contributed by atoms with Crippen LogP contribution in [0.5, 0.6) is 0 Å². The van der Waals surface area contributed by atoms with E-state index in [2.05, 4.69) is 12.2 Å². The molecular formula is C17H25N3O2. The van der Waals surface area contributed by atoms with Crippen LogP contribution in [0.4, 0.5) is 10.5 Å². The highest BCUT2D eigenvalue weighted by Crippen LogP contribution is 2.20. The van der Waals surface area contributed by atoms with Crippen LogP contribution in [-0.4, -0.2) is 48.9 Å². The van der Waals surface area contributed by atoms with Crippen molar-refractivity contribution >= 4 is 17.6 Å². The number of nitrogens with zero attached hydrogens (tertiary/aromatic N) is 2. The van der Waals surface area contributed by atoms with Gasteiger partial charge in [0.2, 0.25) is 0 Å². The standard InChI is InChI=1S/C17H25N3O2/c1-12-6-5-9-20(11-12)17(22)18-15-10-14(8-7-13(15)2)16(21)19(3)4/h7-8,10,12H,5-6,9,11H2,1-4H3,(H,18,22)/t12-/m1/s1. The number of urea groups is 1. The molecule has 0 radical (unpaired) electrons. The van der Waals surface area contributed by atoms with E-state index in [9.17, 15) is 9.59 Å². The van der Waals surface area contributed by atoms with Crippen molar-refractivity contribution in [1.29, 1.82) is 0 Å². The predicted molar refractivity (Wildman–Crippen MR) is 88.2 cm³/mol. The number of hydrogen-bond donors (Lipinski definition) is 1. The van der Waals surface area contributed by atoms with Gasteiger partial charge in [-0.15, -0.1) is 0 Å². The Bertz CT molecular complexity index is 569. The molecule has 0 bridgehead atoms. The van der Waals surface area contributed by atoms with Crippen molar-refractivity contribution in [2.45, 2.75) is 26.7 Å². The summed E-state index contributed by atoms with van der Waals surface area (Å²) in [7, 11) is 3.44. The molecule has 1 atom stereocenters. The summed E-state index contributed by atoms with van der Waals surface area (Å²) in [5.74, 6) is 0.476. The van der Waals surface area contributed by atoms with Crippen molar-refractivity contribution in [3.8, 4) is 0 Å². The second kappa shape index (κ2) is 6.81. The van der Waals surface area contributed by atoms with Gasteiger partial charge in [-0.05, 0) is 43.4 Å². The molecule has 0 saturated carbocycles. The predicted octanol–water partition coefficient (Wildman–Crippen LogP) is 2.96. The van der Waals surface area contributed by atoms with E-state index in [1.807, 2.05) is 17.9 Å². The van der Waals surface area contributed by atoms with Gasteiger partial charge in [0.1, 0.15) is 0 Å². The molecule has 3 amide bonds. The molecular weight excluding hydrogens is 278 g/mol. The first-order valence-electron chi connectivity index (χ1n) is 7.76. The van der Waals surface area contributed by atoms with Gasteiger partial charge in [0.15, 0.2) is 0 Å². The average molecular weight is 303 g/mol. The van der Waals surface area contributed by atoms with Gasteiger partial charge in [-0.2, -0.15) is 0 Å². The van der Waals surface area contributed by atoms with E-state index in [0.29, 0.717) is 17.2 Å². The number of rotatable bonds is 2. The van der Waals surface area contributed by atoms with E-state index in [1.165, 1.54) is 11.3 Å². The number of likely N-dealkylation sites (tertiary alicyclic amines) is 1. The van der Waals surface area contributed by atoms with Crippen molar-refractivity contribution < 1.29 is 9.59 Å². The Kier molecular flexibility index (Phi) is 5.06. The van der Waals surface area contributed by atoms with Gasteiger partial charge < -0.3 is 15.1 Å². The monoisotopic (exact) mass is 303 g/mol. The first-order chi connectivity index (χ1) is 10.4. The van der Waals surface area contributed by atoms with Gasteiger partial charge >= 0.3 is 6.03 Å². The van der Waals surface area contributed by atoms with Crippen LogP contribution >= 0.6 is 0 Å². The molecule has 1 N–H and O–H groups in total. The summed E-state index contributed by atoms with van der Waals surface area (Å²) in [6.45, 7) is 5.69. The second-order valence-corrected chi connectivity index (χ2v) is 6.35. The summed E-state index contributed by atoms with van der Waals surface area (Å²) in [5.41, 5.74) is 2.24. The van der Waals surface area contributed by atoms with Gasteiger partial charge in [0.05, 0.1) is 0 Å². The Morgan fingerprint density at radius 1 is 1.32 bits per heavy atom. The first kappa shape index (κ1) is 16.3. The molecule has 120 valence electrons. The van der Waals surface area contributed by atoms with Crippen molar-refractivity contribution in [2.75, 3.05) is 32.5 Å². The van der Waals surface area contributed by atoms with Gasteiger partial charge in [0.25, 0.3) is 5.91 Å². The topological polar surface area (TPSA) is 52.7 Å². The molecule has 0 aromatic heterocycles. The Labute approximate surface area is 132 Å². The second-order valence-electron chi connectivity index (χ2n) is 6.35. The molecule has 1 aliphatic heterocycles. The zero-order chi connectivity index (χ0) is 16.3. The fourth-order valence-corrected chi connectivity index (χ4v) is 2.72. The quantitative estimate of drug-likeness (QED) is 0.913.